The Morgan fingerprint density at radius 2 is 2.15 bits per heavy atom. The highest BCUT2D eigenvalue weighted by molar-refractivity contribution is 9.10. The van der Waals surface area contributed by atoms with Gasteiger partial charge < -0.3 is 10.1 Å². The maximum Gasteiger partial charge on any atom is 0.137 e. The van der Waals surface area contributed by atoms with E-state index in [0.717, 1.165) is 34.1 Å². The van der Waals surface area contributed by atoms with Gasteiger partial charge in [-0.15, -0.1) is 0 Å². The Morgan fingerprint density at radius 1 is 1.45 bits per heavy atom. The molecule has 20 heavy (non-hydrogen) atoms. The van der Waals surface area contributed by atoms with Crippen LogP contribution in [-0.2, 0) is 0 Å². The molecule has 2 unspecified atom stereocenters. The van der Waals surface area contributed by atoms with Crippen molar-refractivity contribution in [2.45, 2.75) is 39.2 Å². The van der Waals surface area contributed by atoms with Gasteiger partial charge in [0.25, 0.3) is 0 Å². The average Bonchev–Trinajstić information content (AvgIpc) is 3.22. The van der Waals surface area contributed by atoms with Crippen LogP contribution in [0.1, 0.15) is 44.7 Å². The number of nitrogens with one attached hydrogen (secondary N) is 1. The molecule has 2 nitrogen and oxygen atoms in total. The van der Waals surface area contributed by atoms with Crippen molar-refractivity contribution in [2.75, 3.05) is 13.7 Å². The summed E-state index contributed by atoms with van der Waals surface area (Å²) in [6.45, 7) is 5.53. The summed E-state index contributed by atoms with van der Waals surface area (Å²) in [4.78, 5) is 0. The molecule has 0 aromatic heterocycles. The number of rotatable bonds is 7. The highest BCUT2D eigenvalue weighted by Crippen LogP contribution is 2.46. The normalized spacial score (nSPS) is 17.9. The van der Waals surface area contributed by atoms with E-state index in [4.69, 9.17) is 16.3 Å². The third-order valence-electron chi connectivity index (χ3n) is 4.08. The SMILES string of the molecule is CCCNC(c1cc(Cl)cc(Br)c1OC)C(C)C1CC1. The number of hydrogen-bond donors (Lipinski definition) is 1. The zero-order chi connectivity index (χ0) is 14.7. The first-order chi connectivity index (χ1) is 9.58. The molecular weight excluding hydrogens is 338 g/mol. The lowest BCUT2D eigenvalue weighted by atomic mass is 9.90. The van der Waals surface area contributed by atoms with Crippen LogP contribution < -0.4 is 10.1 Å². The molecule has 2 atom stereocenters. The quantitative estimate of drug-likeness (QED) is 0.721. The maximum absolute atomic E-state index is 6.24. The van der Waals surface area contributed by atoms with Crippen molar-refractivity contribution in [1.29, 1.82) is 0 Å². The molecule has 0 heterocycles. The summed E-state index contributed by atoms with van der Waals surface area (Å²) in [5.41, 5.74) is 1.17. The number of ether oxygens (including phenoxy) is 1. The maximum atomic E-state index is 6.24. The van der Waals surface area contributed by atoms with Crippen LogP contribution in [0.5, 0.6) is 5.75 Å². The molecule has 1 fully saturated rings. The lowest BCUT2D eigenvalue weighted by molar-refractivity contribution is 0.331. The lowest BCUT2D eigenvalue weighted by Crippen LogP contribution is -2.29. The molecule has 0 bridgehead atoms. The fourth-order valence-corrected chi connectivity index (χ4v) is 3.80. The number of halogens is 2. The highest BCUT2D eigenvalue weighted by Gasteiger charge is 2.35. The summed E-state index contributed by atoms with van der Waals surface area (Å²) >= 11 is 9.80. The second kappa shape index (κ2) is 7.15. The van der Waals surface area contributed by atoms with Gasteiger partial charge in [0.2, 0.25) is 0 Å². The molecule has 0 spiro atoms. The summed E-state index contributed by atoms with van der Waals surface area (Å²) in [6.07, 6.45) is 3.81. The fourth-order valence-electron chi connectivity index (χ4n) is 2.80. The molecule has 1 aliphatic rings. The van der Waals surface area contributed by atoms with Crippen molar-refractivity contribution in [3.05, 3.63) is 27.2 Å². The Morgan fingerprint density at radius 3 is 2.70 bits per heavy atom. The molecule has 0 radical (unpaired) electrons. The Labute approximate surface area is 135 Å². The summed E-state index contributed by atoms with van der Waals surface area (Å²) in [7, 11) is 1.72. The van der Waals surface area contributed by atoms with Crippen LogP contribution in [0.3, 0.4) is 0 Å². The predicted molar refractivity (Wildman–Crippen MR) is 88.6 cm³/mol. The van der Waals surface area contributed by atoms with Crippen molar-refractivity contribution >= 4 is 27.5 Å². The Balaban J connectivity index is 2.35. The molecule has 1 aromatic rings. The van der Waals surface area contributed by atoms with Gasteiger partial charge in [-0.3, -0.25) is 0 Å². The van der Waals surface area contributed by atoms with Crippen LogP contribution in [0.4, 0.5) is 0 Å². The van der Waals surface area contributed by atoms with Crippen molar-refractivity contribution in [3.63, 3.8) is 0 Å². The van der Waals surface area contributed by atoms with Crippen molar-refractivity contribution in [1.82, 2.24) is 5.32 Å². The summed E-state index contributed by atoms with van der Waals surface area (Å²) in [6, 6.07) is 4.23. The molecule has 0 aliphatic heterocycles. The zero-order valence-electron chi connectivity index (χ0n) is 12.4. The second-order valence-electron chi connectivity index (χ2n) is 5.64. The van der Waals surface area contributed by atoms with Gasteiger partial charge in [0.15, 0.2) is 0 Å². The van der Waals surface area contributed by atoms with E-state index >= 15 is 0 Å². The van der Waals surface area contributed by atoms with Crippen LogP contribution in [-0.4, -0.2) is 13.7 Å². The van der Waals surface area contributed by atoms with Gasteiger partial charge >= 0.3 is 0 Å². The smallest absolute Gasteiger partial charge is 0.137 e. The topological polar surface area (TPSA) is 21.3 Å². The van der Waals surface area contributed by atoms with Crippen molar-refractivity contribution in [2.24, 2.45) is 11.8 Å². The minimum atomic E-state index is 0.299. The van der Waals surface area contributed by atoms with E-state index in [0.29, 0.717) is 12.0 Å². The van der Waals surface area contributed by atoms with E-state index in [1.165, 1.54) is 18.4 Å². The molecule has 0 amide bonds. The van der Waals surface area contributed by atoms with Gasteiger partial charge in [0.05, 0.1) is 11.6 Å². The molecule has 4 heteroatoms. The van der Waals surface area contributed by atoms with Crippen LogP contribution >= 0.6 is 27.5 Å². The van der Waals surface area contributed by atoms with Gasteiger partial charge in [-0.25, -0.2) is 0 Å². The molecule has 1 N–H and O–H groups in total. The van der Waals surface area contributed by atoms with E-state index < -0.39 is 0 Å². The highest BCUT2D eigenvalue weighted by atomic mass is 79.9. The molecule has 0 saturated heterocycles. The molecule has 1 saturated carbocycles. The first-order valence-corrected chi connectivity index (χ1v) is 8.51. The van der Waals surface area contributed by atoms with Crippen LogP contribution in [0.25, 0.3) is 0 Å². The van der Waals surface area contributed by atoms with E-state index in [1.807, 2.05) is 12.1 Å². The molecule has 1 aromatic carbocycles. The minimum absolute atomic E-state index is 0.299. The van der Waals surface area contributed by atoms with Gasteiger partial charge in [-0.1, -0.05) is 25.4 Å². The first-order valence-electron chi connectivity index (χ1n) is 7.34. The third-order valence-corrected chi connectivity index (χ3v) is 4.89. The van der Waals surface area contributed by atoms with E-state index in [2.05, 4.69) is 35.1 Å². The number of hydrogen-bond acceptors (Lipinski definition) is 2. The number of benzene rings is 1. The number of methoxy groups -OCH3 is 1. The largest absolute Gasteiger partial charge is 0.495 e. The van der Waals surface area contributed by atoms with Gasteiger partial charge in [-0.2, -0.15) is 0 Å². The van der Waals surface area contributed by atoms with Gasteiger partial charge in [-0.05, 0) is 65.7 Å². The molecule has 2 rings (SSSR count). The fraction of sp³-hybridized carbons (Fsp3) is 0.625. The zero-order valence-corrected chi connectivity index (χ0v) is 14.7. The lowest BCUT2D eigenvalue weighted by Gasteiger charge is -2.28. The molecule has 1 aliphatic carbocycles. The Hall–Kier alpha value is -0.250. The van der Waals surface area contributed by atoms with Crippen molar-refractivity contribution in [3.8, 4) is 5.75 Å². The predicted octanol–water partition coefficient (Wildman–Crippen LogP) is 5.20. The van der Waals surface area contributed by atoms with Crippen LogP contribution in [0, 0.1) is 11.8 Å². The molecule has 112 valence electrons. The van der Waals surface area contributed by atoms with E-state index in [9.17, 15) is 0 Å². The third kappa shape index (κ3) is 3.69. The first kappa shape index (κ1) is 16.1. The van der Waals surface area contributed by atoms with E-state index in [1.54, 1.807) is 7.11 Å². The second-order valence-corrected chi connectivity index (χ2v) is 6.93. The molecular formula is C16H23BrClNO. The Bertz CT molecular complexity index is 462. The summed E-state index contributed by atoms with van der Waals surface area (Å²) in [5, 5.41) is 4.43. The van der Waals surface area contributed by atoms with Crippen LogP contribution in [0.2, 0.25) is 5.02 Å². The van der Waals surface area contributed by atoms with Gasteiger partial charge in [0.1, 0.15) is 5.75 Å². The average molecular weight is 361 g/mol. The monoisotopic (exact) mass is 359 g/mol. The standard InChI is InChI=1S/C16H23BrClNO/c1-4-7-19-15(10(2)11-5-6-11)13-8-12(18)9-14(17)16(13)20-3/h8-11,15,19H,4-7H2,1-3H3. The summed E-state index contributed by atoms with van der Waals surface area (Å²) < 4.78 is 6.52. The van der Waals surface area contributed by atoms with E-state index in [-0.39, 0.29) is 0 Å². The Kier molecular flexibility index (Phi) is 5.76. The van der Waals surface area contributed by atoms with Crippen molar-refractivity contribution < 1.29 is 4.74 Å². The minimum Gasteiger partial charge on any atom is -0.495 e. The van der Waals surface area contributed by atoms with Gasteiger partial charge in [0, 0.05) is 16.6 Å². The van der Waals surface area contributed by atoms with Crippen LogP contribution in [0.15, 0.2) is 16.6 Å². The summed E-state index contributed by atoms with van der Waals surface area (Å²) in [5.74, 6) is 2.32.